The van der Waals surface area contributed by atoms with Crippen LogP contribution < -0.4 is 24.8 Å². The van der Waals surface area contributed by atoms with E-state index in [1.165, 1.54) is 5.56 Å². The lowest BCUT2D eigenvalue weighted by atomic mass is 10.1. The van der Waals surface area contributed by atoms with Crippen molar-refractivity contribution in [1.29, 1.82) is 0 Å². The number of aliphatic hydroxyl groups excluding tert-OH is 1. The monoisotopic (exact) mass is 594 g/mol. The van der Waals surface area contributed by atoms with Gasteiger partial charge in [0.05, 0.1) is 11.0 Å². The Balaban J connectivity index is 1.02. The van der Waals surface area contributed by atoms with Crippen LogP contribution in [0.3, 0.4) is 0 Å². The third-order valence-electron chi connectivity index (χ3n) is 6.43. The van der Waals surface area contributed by atoms with Crippen LogP contribution in [0.2, 0.25) is 0 Å². The first-order valence-electron chi connectivity index (χ1n) is 12.8. The zero-order valence-corrected chi connectivity index (χ0v) is 23.1. The Bertz CT molecular complexity index is 1290. The van der Waals surface area contributed by atoms with E-state index in [2.05, 4.69) is 64.4 Å². The van der Waals surface area contributed by atoms with Crippen molar-refractivity contribution in [2.75, 3.05) is 63.3 Å². The van der Waals surface area contributed by atoms with E-state index in [-0.39, 0.29) is 6.61 Å². The molecule has 3 N–H and O–H groups in total. The second-order valence-electron chi connectivity index (χ2n) is 9.33. The molecule has 39 heavy (non-hydrogen) atoms. The van der Waals surface area contributed by atoms with E-state index >= 15 is 0 Å². The van der Waals surface area contributed by atoms with Crippen molar-refractivity contribution in [2.45, 2.75) is 12.6 Å². The van der Waals surface area contributed by atoms with Crippen molar-refractivity contribution >= 4 is 33.4 Å². The van der Waals surface area contributed by atoms with Gasteiger partial charge >= 0.3 is 0 Å². The fourth-order valence-electron chi connectivity index (χ4n) is 4.42. The highest BCUT2D eigenvalue weighted by molar-refractivity contribution is 9.10. The average molecular weight is 595 g/mol. The van der Waals surface area contributed by atoms with Gasteiger partial charge in [0, 0.05) is 51.2 Å². The minimum Gasteiger partial charge on any atom is -0.491 e. The molecule has 5 rings (SSSR count). The van der Waals surface area contributed by atoms with Gasteiger partial charge in [0.2, 0.25) is 12.7 Å². The van der Waals surface area contributed by atoms with Crippen LogP contribution in [0.4, 0.5) is 17.5 Å². The van der Waals surface area contributed by atoms with Gasteiger partial charge in [-0.3, -0.25) is 9.80 Å². The Morgan fingerprint density at radius 3 is 2.64 bits per heavy atom. The number of fused-ring (bicyclic) bond motifs is 1. The smallest absolute Gasteiger partial charge is 0.231 e. The fraction of sp³-hybridized carbons (Fsp3) is 0.357. The van der Waals surface area contributed by atoms with Gasteiger partial charge in [0.25, 0.3) is 0 Å². The lowest BCUT2D eigenvalue weighted by Crippen LogP contribution is -2.48. The first-order chi connectivity index (χ1) is 19.1. The molecule has 2 aliphatic heterocycles. The molecule has 0 radical (unpaired) electrons. The molecule has 3 aromatic rings. The Morgan fingerprint density at radius 2 is 1.85 bits per heavy atom. The summed E-state index contributed by atoms with van der Waals surface area (Å²) in [6, 6.07) is 13.6. The number of benzene rings is 2. The van der Waals surface area contributed by atoms with Crippen LogP contribution in [-0.2, 0) is 6.54 Å². The summed E-state index contributed by atoms with van der Waals surface area (Å²) >= 11 is 3.41. The molecule has 0 amide bonds. The predicted molar refractivity (Wildman–Crippen MR) is 153 cm³/mol. The molecule has 0 spiro atoms. The number of aromatic nitrogens is 2. The number of halogens is 1. The molecule has 204 valence electrons. The van der Waals surface area contributed by atoms with E-state index in [9.17, 15) is 5.11 Å². The van der Waals surface area contributed by atoms with Crippen LogP contribution >= 0.6 is 15.9 Å². The molecule has 3 heterocycles. The molecule has 0 saturated carbocycles. The third-order valence-corrected chi connectivity index (χ3v) is 7.01. The highest BCUT2D eigenvalue weighted by Crippen LogP contribution is 2.33. The first-order valence-corrected chi connectivity index (χ1v) is 13.6. The average Bonchev–Trinajstić information content (AvgIpc) is 3.42. The molecule has 2 aliphatic rings. The number of rotatable bonds is 11. The summed E-state index contributed by atoms with van der Waals surface area (Å²) in [6.45, 7) is 6.03. The second-order valence-corrected chi connectivity index (χ2v) is 10.2. The summed E-state index contributed by atoms with van der Waals surface area (Å²) in [7, 11) is 0. The van der Waals surface area contributed by atoms with Gasteiger partial charge in [-0.15, -0.1) is 6.42 Å². The molecule has 10 nitrogen and oxygen atoms in total. The topological polar surface area (TPSA) is 104 Å². The summed E-state index contributed by atoms with van der Waals surface area (Å²) in [5.74, 6) is 5.89. The summed E-state index contributed by atoms with van der Waals surface area (Å²) in [4.78, 5) is 13.4. The molecule has 0 aliphatic carbocycles. The van der Waals surface area contributed by atoms with Crippen molar-refractivity contribution in [3.8, 4) is 29.6 Å². The fourth-order valence-corrected chi connectivity index (χ4v) is 4.75. The number of aliphatic hydroxyl groups is 1. The molecular formula is C28H31BrN6O4. The van der Waals surface area contributed by atoms with Gasteiger partial charge in [-0.05, 0) is 57.9 Å². The van der Waals surface area contributed by atoms with Gasteiger partial charge in [-0.1, -0.05) is 12.0 Å². The van der Waals surface area contributed by atoms with E-state index in [1.807, 2.05) is 30.3 Å². The van der Waals surface area contributed by atoms with Crippen LogP contribution in [0.1, 0.15) is 5.56 Å². The van der Waals surface area contributed by atoms with Gasteiger partial charge < -0.3 is 30.0 Å². The number of hydrogen-bond acceptors (Lipinski definition) is 10. The van der Waals surface area contributed by atoms with Crippen molar-refractivity contribution in [3.63, 3.8) is 0 Å². The summed E-state index contributed by atoms with van der Waals surface area (Å²) in [6.07, 6.45) is 6.39. The van der Waals surface area contributed by atoms with Crippen LogP contribution in [0.5, 0.6) is 17.2 Å². The number of ether oxygens (including phenoxy) is 3. The SMILES string of the molecule is C#CCNc1nc(Nc2ccc(OCC(O)CN3CCN(Cc4ccc5c(c4)OCO5)CC3)cc2)ncc1Br. The molecule has 11 heteroatoms. The zero-order valence-electron chi connectivity index (χ0n) is 21.5. The molecule has 1 saturated heterocycles. The summed E-state index contributed by atoms with van der Waals surface area (Å²) < 4.78 is 17.4. The number of nitrogens with one attached hydrogen (secondary N) is 2. The van der Waals surface area contributed by atoms with Gasteiger partial charge in [0.1, 0.15) is 24.3 Å². The van der Waals surface area contributed by atoms with Crippen LogP contribution in [0.15, 0.2) is 53.1 Å². The molecule has 2 aromatic carbocycles. The normalized spacial score (nSPS) is 15.9. The third kappa shape index (κ3) is 7.52. The zero-order chi connectivity index (χ0) is 27.0. The minimum atomic E-state index is -0.576. The first kappa shape index (κ1) is 27.0. The maximum absolute atomic E-state index is 10.6. The number of piperazine rings is 1. The quantitative estimate of drug-likeness (QED) is 0.286. The van der Waals surface area contributed by atoms with Crippen LogP contribution in [-0.4, -0.2) is 83.6 Å². The predicted octanol–water partition coefficient (Wildman–Crippen LogP) is 3.31. The highest BCUT2D eigenvalue weighted by atomic mass is 79.9. The summed E-state index contributed by atoms with van der Waals surface area (Å²) in [5.41, 5.74) is 2.03. The van der Waals surface area contributed by atoms with Gasteiger partial charge in [-0.25, -0.2) is 4.98 Å². The highest BCUT2D eigenvalue weighted by Gasteiger charge is 2.21. The molecule has 0 bridgehead atoms. The standard InChI is InChI=1S/C28H31BrN6O4/c1-2-9-30-27-24(29)15-31-28(33-27)32-21-4-6-23(7-5-21)37-18-22(36)17-35-12-10-34(11-13-35)16-20-3-8-25-26(14-20)39-19-38-25/h1,3-8,14-15,22,36H,9-13,16-19H2,(H2,30,31,32,33). The number of β-amino-alcohol motifs (C(OH)–C–C–N with tert-alkyl or cyclic N) is 1. The Hall–Kier alpha value is -3.56. The van der Waals surface area contributed by atoms with Crippen molar-refractivity contribution in [3.05, 3.63) is 58.7 Å². The Kier molecular flexibility index (Phi) is 9.00. The second kappa shape index (κ2) is 13.0. The maximum Gasteiger partial charge on any atom is 0.231 e. The van der Waals surface area contributed by atoms with Crippen molar-refractivity contribution < 1.29 is 19.3 Å². The maximum atomic E-state index is 10.6. The van der Waals surface area contributed by atoms with E-state index in [1.54, 1.807) is 6.20 Å². The number of hydrogen-bond donors (Lipinski definition) is 3. The molecule has 1 aromatic heterocycles. The largest absolute Gasteiger partial charge is 0.491 e. The lowest BCUT2D eigenvalue weighted by Gasteiger charge is -2.35. The Morgan fingerprint density at radius 1 is 1.08 bits per heavy atom. The van der Waals surface area contributed by atoms with E-state index < -0.39 is 6.10 Å². The van der Waals surface area contributed by atoms with Crippen LogP contribution in [0, 0.1) is 12.3 Å². The minimum absolute atomic E-state index is 0.226. The van der Waals surface area contributed by atoms with Gasteiger partial charge in [0.15, 0.2) is 11.5 Å². The van der Waals surface area contributed by atoms with Gasteiger partial charge in [-0.2, -0.15) is 4.98 Å². The van der Waals surface area contributed by atoms with Crippen molar-refractivity contribution in [1.82, 2.24) is 19.8 Å². The van der Waals surface area contributed by atoms with Crippen molar-refractivity contribution in [2.24, 2.45) is 0 Å². The molecular weight excluding hydrogens is 564 g/mol. The van der Waals surface area contributed by atoms with E-state index in [0.717, 1.165) is 54.4 Å². The number of terminal acetylenes is 1. The number of nitrogens with zero attached hydrogens (tertiary/aromatic N) is 4. The molecule has 1 atom stereocenters. The Labute approximate surface area is 236 Å². The van der Waals surface area contributed by atoms with E-state index in [4.69, 9.17) is 20.6 Å². The lowest BCUT2D eigenvalue weighted by molar-refractivity contribution is 0.0446. The molecule has 1 fully saturated rings. The number of anilines is 3. The molecule has 1 unspecified atom stereocenters. The van der Waals surface area contributed by atoms with Crippen LogP contribution in [0.25, 0.3) is 0 Å². The summed E-state index contributed by atoms with van der Waals surface area (Å²) in [5, 5.41) is 16.8. The van der Waals surface area contributed by atoms with E-state index in [0.29, 0.717) is 37.4 Å².